The largest absolute Gasteiger partial charge is 0.321 e. The summed E-state index contributed by atoms with van der Waals surface area (Å²) in [6.07, 6.45) is 1.44. The van der Waals surface area contributed by atoms with Gasteiger partial charge in [-0.1, -0.05) is 18.2 Å². The van der Waals surface area contributed by atoms with Crippen LogP contribution >= 0.6 is 0 Å². The highest BCUT2D eigenvalue weighted by molar-refractivity contribution is 6.08. The number of pyridine rings is 1. The van der Waals surface area contributed by atoms with Crippen LogP contribution in [0.3, 0.4) is 0 Å². The van der Waals surface area contributed by atoms with Gasteiger partial charge in [-0.15, -0.1) is 0 Å². The van der Waals surface area contributed by atoms with Crippen molar-refractivity contribution in [3.63, 3.8) is 0 Å². The van der Waals surface area contributed by atoms with E-state index in [4.69, 9.17) is 5.26 Å². The summed E-state index contributed by atoms with van der Waals surface area (Å²) in [4.78, 5) is 31.3. The van der Waals surface area contributed by atoms with Crippen LogP contribution in [0.15, 0.2) is 66.9 Å². The number of rotatable bonds is 5. The SMILES string of the molecule is CCN(C(=O)c1ccnc(C(=O)Nc2cccc(C#N)c2)c1)c1cccc(C)c1. The Hall–Kier alpha value is -3.98. The molecule has 0 atom stereocenters. The molecule has 0 saturated carbocycles. The molecule has 3 rings (SSSR count). The van der Waals surface area contributed by atoms with E-state index in [0.29, 0.717) is 23.4 Å². The highest BCUT2D eigenvalue weighted by Gasteiger charge is 2.18. The maximum absolute atomic E-state index is 13.0. The van der Waals surface area contributed by atoms with E-state index >= 15 is 0 Å². The van der Waals surface area contributed by atoms with Crippen LogP contribution in [-0.2, 0) is 0 Å². The summed E-state index contributed by atoms with van der Waals surface area (Å²) in [6, 6.07) is 19.4. The van der Waals surface area contributed by atoms with Crippen LogP contribution in [0.25, 0.3) is 0 Å². The summed E-state index contributed by atoms with van der Waals surface area (Å²) in [7, 11) is 0. The fourth-order valence-corrected chi connectivity index (χ4v) is 2.94. The average molecular weight is 384 g/mol. The minimum atomic E-state index is -0.451. The molecule has 1 heterocycles. The molecule has 0 unspecified atom stereocenters. The first-order valence-corrected chi connectivity index (χ1v) is 9.18. The minimum absolute atomic E-state index is 0.124. The quantitative estimate of drug-likeness (QED) is 0.715. The van der Waals surface area contributed by atoms with Crippen molar-refractivity contribution in [3.05, 3.63) is 89.2 Å². The van der Waals surface area contributed by atoms with Crippen molar-refractivity contribution < 1.29 is 9.59 Å². The molecule has 0 radical (unpaired) electrons. The van der Waals surface area contributed by atoms with E-state index in [0.717, 1.165) is 11.3 Å². The molecule has 144 valence electrons. The third-order valence-corrected chi connectivity index (χ3v) is 4.36. The Morgan fingerprint density at radius 3 is 2.62 bits per heavy atom. The van der Waals surface area contributed by atoms with Crippen LogP contribution in [0.5, 0.6) is 0 Å². The standard InChI is InChI=1S/C23H20N4O2/c1-3-27(20-9-4-6-16(2)12-20)23(29)18-10-11-25-21(14-18)22(28)26-19-8-5-7-17(13-19)15-24/h4-14H,3H2,1-2H3,(H,26,28). The molecular formula is C23H20N4O2. The molecular weight excluding hydrogens is 364 g/mol. The Kier molecular flexibility index (Phi) is 6.00. The van der Waals surface area contributed by atoms with Crippen molar-refractivity contribution in [2.24, 2.45) is 0 Å². The number of hydrogen-bond acceptors (Lipinski definition) is 4. The lowest BCUT2D eigenvalue weighted by Gasteiger charge is -2.21. The summed E-state index contributed by atoms with van der Waals surface area (Å²) in [6.45, 7) is 4.36. The number of aryl methyl sites for hydroxylation is 1. The average Bonchev–Trinajstić information content (AvgIpc) is 2.74. The monoisotopic (exact) mass is 384 g/mol. The van der Waals surface area contributed by atoms with Gasteiger partial charge in [0.05, 0.1) is 11.6 Å². The molecule has 29 heavy (non-hydrogen) atoms. The van der Waals surface area contributed by atoms with E-state index in [-0.39, 0.29) is 11.6 Å². The first-order valence-electron chi connectivity index (χ1n) is 9.18. The first kappa shape index (κ1) is 19.8. The van der Waals surface area contributed by atoms with E-state index in [1.54, 1.807) is 35.2 Å². The molecule has 1 N–H and O–H groups in total. The summed E-state index contributed by atoms with van der Waals surface area (Å²) in [5.41, 5.74) is 3.29. The van der Waals surface area contributed by atoms with Crippen molar-refractivity contribution in [3.8, 4) is 6.07 Å². The third kappa shape index (κ3) is 4.66. The fraction of sp³-hybridized carbons (Fsp3) is 0.130. The molecule has 0 aliphatic heterocycles. The number of carbonyl (C=O) groups is 2. The van der Waals surface area contributed by atoms with Gasteiger partial charge in [0.15, 0.2) is 0 Å². The van der Waals surface area contributed by atoms with Gasteiger partial charge in [-0.05, 0) is 61.9 Å². The Labute approximate surface area is 169 Å². The number of aromatic nitrogens is 1. The minimum Gasteiger partial charge on any atom is -0.321 e. The van der Waals surface area contributed by atoms with Crippen molar-refractivity contribution in [1.29, 1.82) is 5.26 Å². The molecule has 1 aromatic heterocycles. The van der Waals surface area contributed by atoms with Crippen LogP contribution in [0.1, 0.15) is 38.9 Å². The molecule has 0 aliphatic carbocycles. The van der Waals surface area contributed by atoms with Crippen LogP contribution in [-0.4, -0.2) is 23.3 Å². The second-order valence-corrected chi connectivity index (χ2v) is 6.46. The van der Waals surface area contributed by atoms with Crippen molar-refractivity contribution in [2.75, 3.05) is 16.8 Å². The van der Waals surface area contributed by atoms with E-state index in [1.807, 2.05) is 44.2 Å². The molecule has 6 heteroatoms. The van der Waals surface area contributed by atoms with E-state index in [9.17, 15) is 9.59 Å². The van der Waals surface area contributed by atoms with Crippen LogP contribution in [0, 0.1) is 18.3 Å². The van der Waals surface area contributed by atoms with E-state index < -0.39 is 5.91 Å². The Balaban J connectivity index is 1.83. The van der Waals surface area contributed by atoms with Gasteiger partial charge in [0.25, 0.3) is 11.8 Å². The van der Waals surface area contributed by atoms with Crippen molar-refractivity contribution in [2.45, 2.75) is 13.8 Å². The van der Waals surface area contributed by atoms with Gasteiger partial charge in [0.2, 0.25) is 0 Å². The molecule has 2 amide bonds. The van der Waals surface area contributed by atoms with Gasteiger partial charge >= 0.3 is 0 Å². The van der Waals surface area contributed by atoms with Crippen LogP contribution in [0.2, 0.25) is 0 Å². The molecule has 0 aliphatic rings. The predicted octanol–water partition coefficient (Wildman–Crippen LogP) is 4.18. The van der Waals surface area contributed by atoms with Crippen molar-refractivity contribution in [1.82, 2.24) is 4.98 Å². The van der Waals surface area contributed by atoms with Crippen molar-refractivity contribution >= 4 is 23.2 Å². The van der Waals surface area contributed by atoms with Gasteiger partial charge in [-0.25, -0.2) is 0 Å². The maximum atomic E-state index is 13.0. The third-order valence-electron chi connectivity index (χ3n) is 4.36. The van der Waals surface area contributed by atoms with Crippen LogP contribution < -0.4 is 10.2 Å². The lowest BCUT2D eigenvalue weighted by Crippen LogP contribution is -2.31. The second-order valence-electron chi connectivity index (χ2n) is 6.46. The normalized spacial score (nSPS) is 10.1. The number of nitrogens with one attached hydrogen (secondary N) is 1. The van der Waals surface area contributed by atoms with Gasteiger partial charge in [-0.3, -0.25) is 14.6 Å². The summed E-state index contributed by atoms with van der Waals surface area (Å²) in [5, 5.41) is 11.7. The highest BCUT2D eigenvalue weighted by Crippen LogP contribution is 2.19. The zero-order valence-electron chi connectivity index (χ0n) is 16.2. The summed E-state index contributed by atoms with van der Waals surface area (Å²) < 4.78 is 0. The molecule has 2 aromatic carbocycles. The molecule has 6 nitrogen and oxygen atoms in total. The maximum Gasteiger partial charge on any atom is 0.274 e. The summed E-state index contributed by atoms with van der Waals surface area (Å²) >= 11 is 0. The van der Waals surface area contributed by atoms with E-state index in [2.05, 4.69) is 10.3 Å². The number of anilines is 2. The molecule has 3 aromatic rings. The van der Waals surface area contributed by atoms with E-state index in [1.165, 1.54) is 12.3 Å². The Morgan fingerprint density at radius 2 is 1.90 bits per heavy atom. The predicted molar refractivity (Wildman–Crippen MR) is 112 cm³/mol. The number of carbonyl (C=O) groups excluding carboxylic acids is 2. The highest BCUT2D eigenvalue weighted by atomic mass is 16.2. The lowest BCUT2D eigenvalue weighted by atomic mass is 10.1. The zero-order chi connectivity index (χ0) is 20.8. The fourth-order valence-electron chi connectivity index (χ4n) is 2.94. The Bertz CT molecular complexity index is 1100. The lowest BCUT2D eigenvalue weighted by molar-refractivity contribution is 0.0988. The molecule has 0 fully saturated rings. The van der Waals surface area contributed by atoms with Gasteiger partial charge in [0.1, 0.15) is 5.69 Å². The number of nitrogens with zero attached hydrogens (tertiary/aromatic N) is 3. The molecule has 0 spiro atoms. The second kappa shape index (κ2) is 8.81. The zero-order valence-corrected chi connectivity index (χ0v) is 16.2. The number of benzene rings is 2. The van der Waals surface area contributed by atoms with Crippen LogP contribution in [0.4, 0.5) is 11.4 Å². The number of hydrogen-bond donors (Lipinski definition) is 1. The Morgan fingerprint density at radius 1 is 1.10 bits per heavy atom. The molecule has 0 saturated heterocycles. The number of nitriles is 1. The summed E-state index contributed by atoms with van der Waals surface area (Å²) in [5.74, 6) is -0.658. The molecule has 0 bridgehead atoms. The smallest absolute Gasteiger partial charge is 0.274 e. The van der Waals surface area contributed by atoms with Gasteiger partial charge < -0.3 is 10.2 Å². The van der Waals surface area contributed by atoms with Gasteiger partial charge in [0, 0.05) is 29.7 Å². The topological polar surface area (TPSA) is 86.1 Å². The first-order chi connectivity index (χ1) is 14.0. The van der Waals surface area contributed by atoms with Gasteiger partial charge in [-0.2, -0.15) is 5.26 Å². The number of amides is 2.